The van der Waals surface area contributed by atoms with E-state index in [1.807, 2.05) is 12.1 Å². The molecule has 1 saturated heterocycles. The van der Waals surface area contributed by atoms with Gasteiger partial charge in [-0.25, -0.2) is 9.37 Å². The average molecular weight is 290 g/mol. The van der Waals surface area contributed by atoms with E-state index in [1.165, 1.54) is 12.1 Å². The zero-order chi connectivity index (χ0) is 14.7. The van der Waals surface area contributed by atoms with Gasteiger partial charge >= 0.3 is 0 Å². The van der Waals surface area contributed by atoms with E-state index in [2.05, 4.69) is 10.3 Å². The second kappa shape index (κ2) is 6.18. The van der Waals surface area contributed by atoms with Gasteiger partial charge in [-0.15, -0.1) is 0 Å². The number of ether oxygens (including phenoxy) is 1. The SMILES string of the molecule is Fc1cccc(Oc2ncccc2C2CCNCC2)c1F. The predicted molar refractivity (Wildman–Crippen MR) is 75.5 cm³/mol. The lowest BCUT2D eigenvalue weighted by Crippen LogP contribution is -2.26. The first kappa shape index (κ1) is 13.9. The Balaban J connectivity index is 1.90. The number of nitrogens with zero attached hydrogens (tertiary/aromatic N) is 1. The fourth-order valence-electron chi connectivity index (χ4n) is 2.60. The van der Waals surface area contributed by atoms with Gasteiger partial charge in [-0.3, -0.25) is 0 Å². The standard InChI is InChI=1S/C16H16F2N2O/c17-13-4-1-5-14(15(13)18)21-16-12(3-2-8-20-16)11-6-9-19-10-7-11/h1-5,8,11,19H,6-7,9-10H2. The van der Waals surface area contributed by atoms with E-state index in [1.54, 1.807) is 6.20 Å². The third kappa shape index (κ3) is 3.03. The monoisotopic (exact) mass is 290 g/mol. The van der Waals surface area contributed by atoms with Crippen LogP contribution in [0.5, 0.6) is 11.6 Å². The first-order valence-corrected chi connectivity index (χ1v) is 7.03. The van der Waals surface area contributed by atoms with Crippen LogP contribution in [0.4, 0.5) is 8.78 Å². The van der Waals surface area contributed by atoms with Crippen LogP contribution in [0, 0.1) is 11.6 Å². The van der Waals surface area contributed by atoms with Crippen molar-refractivity contribution in [3.63, 3.8) is 0 Å². The molecule has 1 aliphatic heterocycles. The molecule has 1 N–H and O–H groups in total. The quantitative estimate of drug-likeness (QED) is 0.937. The highest BCUT2D eigenvalue weighted by atomic mass is 19.2. The largest absolute Gasteiger partial charge is 0.436 e. The number of hydrogen-bond acceptors (Lipinski definition) is 3. The minimum atomic E-state index is -0.987. The van der Waals surface area contributed by atoms with Crippen molar-refractivity contribution in [2.45, 2.75) is 18.8 Å². The summed E-state index contributed by atoms with van der Waals surface area (Å²) in [6.45, 7) is 1.88. The highest BCUT2D eigenvalue weighted by Gasteiger charge is 2.21. The third-order valence-corrected chi connectivity index (χ3v) is 3.70. The lowest BCUT2D eigenvalue weighted by Gasteiger charge is -2.24. The number of rotatable bonds is 3. The molecule has 0 aliphatic carbocycles. The normalized spacial score (nSPS) is 15.9. The second-order valence-corrected chi connectivity index (χ2v) is 5.08. The molecule has 1 aromatic heterocycles. The number of halogens is 2. The van der Waals surface area contributed by atoms with Crippen molar-refractivity contribution in [3.05, 3.63) is 53.7 Å². The Morgan fingerprint density at radius 3 is 2.71 bits per heavy atom. The van der Waals surface area contributed by atoms with Crippen LogP contribution < -0.4 is 10.1 Å². The average Bonchev–Trinajstić information content (AvgIpc) is 2.53. The van der Waals surface area contributed by atoms with Crippen molar-refractivity contribution in [1.82, 2.24) is 10.3 Å². The highest BCUT2D eigenvalue weighted by molar-refractivity contribution is 5.35. The van der Waals surface area contributed by atoms with Crippen molar-refractivity contribution in [3.8, 4) is 11.6 Å². The minimum Gasteiger partial charge on any atom is -0.436 e. The Morgan fingerprint density at radius 1 is 1.10 bits per heavy atom. The first-order chi connectivity index (χ1) is 10.3. The van der Waals surface area contributed by atoms with E-state index < -0.39 is 11.6 Å². The molecule has 110 valence electrons. The van der Waals surface area contributed by atoms with Gasteiger partial charge in [0.05, 0.1) is 0 Å². The number of nitrogens with one attached hydrogen (secondary N) is 1. The number of pyridine rings is 1. The molecule has 0 unspecified atom stereocenters. The first-order valence-electron chi connectivity index (χ1n) is 7.03. The van der Waals surface area contributed by atoms with Crippen LogP contribution in [0.1, 0.15) is 24.3 Å². The lowest BCUT2D eigenvalue weighted by molar-refractivity contribution is 0.388. The molecular formula is C16H16F2N2O. The lowest BCUT2D eigenvalue weighted by atomic mass is 9.91. The Bertz CT molecular complexity index is 627. The van der Waals surface area contributed by atoms with Gasteiger partial charge < -0.3 is 10.1 Å². The van der Waals surface area contributed by atoms with Crippen molar-refractivity contribution >= 4 is 0 Å². The maximum Gasteiger partial charge on any atom is 0.222 e. The van der Waals surface area contributed by atoms with Crippen LogP contribution in [-0.2, 0) is 0 Å². The molecule has 1 aromatic carbocycles. The maximum atomic E-state index is 13.7. The molecule has 1 fully saturated rings. The molecule has 3 rings (SSSR count). The Kier molecular flexibility index (Phi) is 4.10. The fraction of sp³-hybridized carbons (Fsp3) is 0.312. The van der Waals surface area contributed by atoms with Gasteiger partial charge in [-0.05, 0) is 50.0 Å². The molecule has 0 amide bonds. The summed E-state index contributed by atoms with van der Waals surface area (Å²) in [7, 11) is 0. The maximum absolute atomic E-state index is 13.7. The van der Waals surface area contributed by atoms with E-state index in [4.69, 9.17) is 4.74 Å². The van der Waals surface area contributed by atoms with E-state index in [0.29, 0.717) is 11.8 Å². The Morgan fingerprint density at radius 2 is 1.90 bits per heavy atom. The summed E-state index contributed by atoms with van der Waals surface area (Å²) < 4.78 is 32.5. The van der Waals surface area contributed by atoms with Gasteiger partial charge in [-0.1, -0.05) is 12.1 Å². The van der Waals surface area contributed by atoms with E-state index in [9.17, 15) is 8.78 Å². The van der Waals surface area contributed by atoms with Crippen LogP contribution >= 0.6 is 0 Å². The highest BCUT2D eigenvalue weighted by Crippen LogP contribution is 2.34. The van der Waals surface area contributed by atoms with Gasteiger partial charge in [0, 0.05) is 11.8 Å². The smallest absolute Gasteiger partial charge is 0.222 e. The van der Waals surface area contributed by atoms with Gasteiger partial charge in [0.2, 0.25) is 11.7 Å². The van der Waals surface area contributed by atoms with Crippen molar-refractivity contribution < 1.29 is 13.5 Å². The van der Waals surface area contributed by atoms with Crippen LogP contribution in [0.15, 0.2) is 36.5 Å². The summed E-state index contributed by atoms with van der Waals surface area (Å²) in [4.78, 5) is 4.19. The number of piperidine rings is 1. The van der Waals surface area contributed by atoms with Crippen LogP contribution in [0.3, 0.4) is 0 Å². The molecule has 2 aromatic rings. The third-order valence-electron chi connectivity index (χ3n) is 3.70. The molecule has 5 heteroatoms. The zero-order valence-corrected chi connectivity index (χ0v) is 11.5. The summed E-state index contributed by atoms with van der Waals surface area (Å²) in [6, 6.07) is 7.66. The van der Waals surface area contributed by atoms with Gasteiger partial charge in [-0.2, -0.15) is 4.39 Å². The summed E-state index contributed by atoms with van der Waals surface area (Å²) in [6.07, 6.45) is 3.55. The minimum absolute atomic E-state index is 0.135. The number of aromatic nitrogens is 1. The van der Waals surface area contributed by atoms with Crippen molar-refractivity contribution in [2.24, 2.45) is 0 Å². The summed E-state index contributed by atoms with van der Waals surface area (Å²) in [5, 5.41) is 3.30. The number of hydrogen-bond donors (Lipinski definition) is 1. The van der Waals surface area contributed by atoms with Crippen molar-refractivity contribution in [2.75, 3.05) is 13.1 Å². The number of benzene rings is 1. The molecule has 2 heterocycles. The molecule has 0 saturated carbocycles. The van der Waals surface area contributed by atoms with Crippen LogP contribution in [0.2, 0.25) is 0 Å². The topological polar surface area (TPSA) is 34.1 Å². The van der Waals surface area contributed by atoms with Crippen LogP contribution in [-0.4, -0.2) is 18.1 Å². The molecular weight excluding hydrogens is 274 g/mol. The van der Waals surface area contributed by atoms with E-state index in [0.717, 1.165) is 37.6 Å². The molecule has 0 bridgehead atoms. The zero-order valence-electron chi connectivity index (χ0n) is 11.5. The van der Waals surface area contributed by atoms with Crippen molar-refractivity contribution in [1.29, 1.82) is 0 Å². The Hall–Kier alpha value is -2.01. The summed E-state index contributed by atoms with van der Waals surface area (Å²) in [5.74, 6) is -1.37. The second-order valence-electron chi connectivity index (χ2n) is 5.08. The molecule has 0 radical (unpaired) electrons. The molecule has 0 atom stereocenters. The predicted octanol–water partition coefficient (Wildman–Crippen LogP) is 3.62. The summed E-state index contributed by atoms with van der Waals surface area (Å²) >= 11 is 0. The van der Waals surface area contributed by atoms with E-state index >= 15 is 0 Å². The fourth-order valence-corrected chi connectivity index (χ4v) is 2.60. The van der Waals surface area contributed by atoms with Gasteiger partial charge in [0.1, 0.15) is 0 Å². The molecule has 1 aliphatic rings. The van der Waals surface area contributed by atoms with E-state index in [-0.39, 0.29) is 5.75 Å². The molecule has 3 nitrogen and oxygen atoms in total. The molecule has 0 spiro atoms. The van der Waals surface area contributed by atoms with Gasteiger partial charge in [0.25, 0.3) is 0 Å². The Labute approximate surface area is 122 Å². The molecule has 21 heavy (non-hydrogen) atoms. The summed E-state index contributed by atoms with van der Waals surface area (Å²) in [5.41, 5.74) is 0.947. The van der Waals surface area contributed by atoms with Crippen LogP contribution in [0.25, 0.3) is 0 Å². The van der Waals surface area contributed by atoms with Gasteiger partial charge in [0.15, 0.2) is 11.6 Å².